The SMILES string of the molecule is CCOC(=O)c1c(NC(=O)[C@H](C)n2nc(C)c3cnn(-c4ccccc4)c3c2=O)sc2c1CCC2. The van der Waals surface area contributed by atoms with Crippen molar-refractivity contribution in [3.05, 3.63) is 68.6 Å². The van der Waals surface area contributed by atoms with Crippen molar-refractivity contribution in [2.24, 2.45) is 0 Å². The molecule has 0 saturated carbocycles. The highest BCUT2D eigenvalue weighted by Crippen LogP contribution is 2.39. The molecule has 3 aromatic heterocycles. The summed E-state index contributed by atoms with van der Waals surface area (Å²) in [5, 5.41) is 12.8. The largest absolute Gasteiger partial charge is 0.462 e. The van der Waals surface area contributed by atoms with Gasteiger partial charge in [-0.05, 0) is 57.7 Å². The quantitative estimate of drug-likeness (QED) is 0.411. The van der Waals surface area contributed by atoms with E-state index in [9.17, 15) is 14.4 Å². The number of thiophene rings is 1. The van der Waals surface area contributed by atoms with Crippen LogP contribution in [0.25, 0.3) is 16.6 Å². The maximum atomic E-state index is 13.5. The van der Waals surface area contributed by atoms with Gasteiger partial charge >= 0.3 is 5.97 Å². The number of amides is 1. The van der Waals surface area contributed by atoms with Gasteiger partial charge in [-0.15, -0.1) is 11.3 Å². The van der Waals surface area contributed by atoms with Crippen molar-refractivity contribution in [3.8, 4) is 5.69 Å². The van der Waals surface area contributed by atoms with Gasteiger partial charge in [-0.1, -0.05) is 18.2 Å². The predicted octanol–water partition coefficient (Wildman–Crippen LogP) is 3.82. The van der Waals surface area contributed by atoms with Crippen LogP contribution in [0.2, 0.25) is 0 Å². The molecule has 5 rings (SSSR count). The van der Waals surface area contributed by atoms with Crippen molar-refractivity contribution in [1.29, 1.82) is 0 Å². The molecule has 9 nitrogen and oxygen atoms in total. The first-order valence-corrected chi connectivity index (χ1v) is 12.4. The molecule has 35 heavy (non-hydrogen) atoms. The predicted molar refractivity (Wildman–Crippen MR) is 134 cm³/mol. The summed E-state index contributed by atoms with van der Waals surface area (Å²) in [4.78, 5) is 40.5. The second-order valence-corrected chi connectivity index (χ2v) is 9.54. The van der Waals surface area contributed by atoms with E-state index in [-0.39, 0.29) is 6.61 Å². The minimum atomic E-state index is -0.920. The number of aryl methyl sites for hydroxylation is 2. The highest BCUT2D eigenvalue weighted by molar-refractivity contribution is 7.17. The Morgan fingerprint density at radius 1 is 1.23 bits per heavy atom. The normalized spacial score (nSPS) is 13.6. The van der Waals surface area contributed by atoms with E-state index < -0.39 is 23.5 Å². The van der Waals surface area contributed by atoms with Gasteiger partial charge in [0.05, 0.1) is 29.7 Å². The van der Waals surface area contributed by atoms with Crippen molar-refractivity contribution in [1.82, 2.24) is 19.6 Å². The first kappa shape index (κ1) is 23.0. The van der Waals surface area contributed by atoms with Crippen molar-refractivity contribution >= 4 is 39.1 Å². The Hall–Kier alpha value is -3.79. The van der Waals surface area contributed by atoms with Gasteiger partial charge in [0.2, 0.25) is 5.91 Å². The fourth-order valence-corrected chi connectivity index (χ4v) is 5.74. The minimum Gasteiger partial charge on any atom is -0.462 e. The Bertz CT molecular complexity index is 1500. The number of nitrogens with one attached hydrogen (secondary N) is 1. The molecule has 0 radical (unpaired) electrons. The molecule has 1 aliphatic rings. The third kappa shape index (κ3) is 3.93. The standard InChI is InChI=1S/C25H25N5O4S/c1-4-34-25(33)20-17-11-8-12-19(17)35-23(20)27-22(31)15(3)29-24(32)21-18(14(2)28-29)13-26-30(21)16-9-6-5-7-10-16/h5-7,9-10,13,15H,4,8,11-12H2,1-3H3,(H,27,31)/t15-/m0/s1. The molecule has 0 spiro atoms. The molecule has 0 saturated heterocycles. The number of para-hydroxylation sites is 1. The van der Waals surface area contributed by atoms with E-state index >= 15 is 0 Å². The van der Waals surface area contributed by atoms with E-state index in [1.54, 1.807) is 31.6 Å². The van der Waals surface area contributed by atoms with Gasteiger partial charge in [-0.2, -0.15) is 10.2 Å². The van der Waals surface area contributed by atoms with Gasteiger partial charge < -0.3 is 10.1 Å². The fourth-order valence-electron chi connectivity index (χ4n) is 4.45. The van der Waals surface area contributed by atoms with Crippen LogP contribution in [-0.4, -0.2) is 38.0 Å². The Kier molecular flexibility index (Phi) is 5.98. The highest BCUT2D eigenvalue weighted by atomic mass is 32.1. The second kappa shape index (κ2) is 9.10. The molecule has 1 aliphatic carbocycles. The third-order valence-electron chi connectivity index (χ3n) is 6.21. The van der Waals surface area contributed by atoms with E-state index in [4.69, 9.17) is 4.74 Å². The number of nitrogens with zero attached hydrogens (tertiary/aromatic N) is 4. The number of fused-ring (bicyclic) bond motifs is 2. The monoisotopic (exact) mass is 491 g/mol. The van der Waals surface area contributed by atoms with Crippen LogP contribution in [0.4, 0.5) is 5.00 Å². The molecular weight excluding hydrogens is 466 g/mol. The average Bonchev–Trinajstić information content (AvgIpc) is 3.56. The van der Waals surface area contributed by atoms with Crippen molar-refractivity contribution < 1.29 is 14.3 Å². The number of rotatable bonds is 6. The van der Waals surface area contributed by atoms with Gasteiger partial charge in [0.25, 0.3) is 5.56 Å². The van der Waals surface area contributed by atoms with Crippen LogP contribution in [0.15, 0.2) is 41.3 Å². The Balaban J connectivity index is 1.51. The number of esters is 1. The Labute approximate surface area is 205 Å². The summed E-state index contributed by atoms with van der Waals surface area (Å²) in [6, 6.07) is 8.41. The molecule has 180 valence electrons. The van der Waals surface area contributed by atoms with Crippen LogP contribution in [0.3, 0.4) is 0 Å². The van der Waals surface area contributed by atoms with Crippen LogP contribution < -0.4 is 10.9 Å². The number of aromatic nitrogens is 4. The molecule has 0 bridgehead atoms. The molecule has 0 unspecified atom stereocenters. The van der Waals surface area contributed by atoms with Crippen molar-refractivity contribution in [2.45, 2.75) is 46.1 Å². The highest BCUT2D eigenvalue weighted by Gasteiger charge is 2.30. The van der Waals surface area contributed by atoms with E-state index in [0.29, 0.717) is 27.2 Å². The summed E-state index contributed by atoms with van der Waals surface area (Å²) in [5.41, 5.74) is 2.64. The zero-order valence-corrected chi connectivity index (χ0v) is 20.5. The van der Waals surface area contributed by atoms with E-state index in [0.717, 1.165) is 35.4 Å². The van der Waals surface area contributed by atoms with Crippen molar-refractivity contribution in [3.63, 3.8) is 0 Å². The lowest BCUT2D eigenvalue weighted by atomic mass is 10.1. The van der Waals surface area contributed by atoms with Gasteiger partial charge in [0, 0.05) is 10.3 Å². The molecule has 1 amide bonds. The number of hydrogen-bond donors (Lipinski definition) is 1. The number of carbonyl (C=O) groups excluding carboxylic acids is 2. The third-order valence-corrected chi connectivity index (χ3v) is 7.42. The molecule has 0 aliphatic heterocycles. The summed E-state index contributed by atoms with van der Waals surface area (Å²) in [7, 11) is 0. The van der Waals surface area contributed by atoms with Crippen molar-refractivity contribution in [2.75, 3.05) is 11.9 Å². The van der Waals surface area contributed by atoms with E-state index in [1.165, 1.54) is 16.0 Å². The van der Waals surface area contributed by atoms with Gasteiger partial charge in [0.1, 0.15) is 16.6 Å². The zero-order chi connectivity index (χ0) is 24.7. The van der Waals surface area contributed by atoms with Crippen LogP contribution in [0.1, 0.15) is 52.8 Å². The number of anilines is 1. The number of carbonyl (C=O) groups is 2. The molecule has 4 aromatic rings. The Morgan fingerprint density at radius 3 is 2.74 bits per heavy atom. The van der Waals surface area contributed by atoms with Crippen LogP contribution in [-0.2, 0) is 22.4 Å². The first-order chi connectivity index (χ1) is 16.9. The topological polar surface area (TPSA) is 108 Å². The summed E-state index contributed by atoms with van der Waals surface area (Å²) in [5.74, 6) is -0.872. The van der Waals surface area contributed by atoms with Gasteiger partial charge in [-0.25, -0.2) is 14.2 Å². The summed E-state index contributed by atoms with van der Waals surface area (Å²) in [6.07, 6.45) is 4.25. The molecule has 1 atom stereocenters. The molecule has 10 heteroatoms. The van der Waals surface area contributed by atoms with Crippen LogP contribution in [0.5, 0.6) is 0 Å². The number of benzene rings is 1. The number of hydrogen-bond acceptors (Lipinski definition) is 7. The lowest BCUT2D eigenvalue weighted by Gasteiger charge is -2.16. The summed E-state index contributed by atoms with van der Waals surface area (Å²) in [6.45, 7) is 5.40. The average molecular weight is 492 g/mol. The van der Waals surface area contributed by atoms with Gasteiger partial charge in [0.15, 0.2) is 0 Å². The summed E-state index contributed by atoms with van der Waals surface area (Å²) < 4.78 is 7.99. The van der Waals surface area contributed by atoms with E-state index in [2.05, 4.69) is 15.5 Å². The smallest absolute Gasteiger partial charge is 0.341 e. The molecule has 0 fully saturated rings. The zero-order valence-electron chi connectivity index (χ0n) is 19.7. The lowest BCUT2D eigenvalue weighted by molar-refractivity contribution is -0.119. The fraction of sp³-hybridized carbons (Fsp3) is 0.320. The maximum absolute atomic E-state index is 13.5. The van der Waals surface area contributed by atoms with E-state index in [1.807, 2.05) is 30.3 Å². The molecule has 3 heterocycles. The van der Waals surface area contributed by atoms with Gasteiger partial charge in [-0.3, -0.25) is 9.59 Å². The van der Waals surface area contributed by atoms with Crippen LogP contribution in [0, 0.1) is 6.92 Å². The molecule has 1 aromatic carbocycles. The summed E-state index contributed by atoms with van der Waals surface area (Å²) >= 11 is 1.40. The van der Waals surface area contributed by atoms with Crippen LogP contribution >= 0.6 is 11.3 Å². The maximum Gasteiger partial charge on any atom is 0.341 e. The molecule has 1 N–H and O–H groups in total. The number of ether oxygens (including phenoxy) is 1. The Morgan fingerprint density at radius 2 is 2.00 bits per heavy atom. The molecular formula is C25H25N5O4S. The second-order valence-electron chi connectivity index (χ2n) is 8.44. The first-order valence-electron chi connectivity index (χ1n) is 11.6. The minimum absolute atomic E-state index is 0.251. The lowest BCUT2D eigenvalue weighted by Crippen LogP contribution is -2.34.